The van der Waals surface area contributed by atoms with Crippen molar-refractivity contribution in [1.82, 2.24) is 5.32 Å². The third-order valence-corrected chi connectivity index (χ3v) is 9.30. The summed E-state index contributed by atoms with van der Waals surface area (Å²) in [5, 5.41) is 13.6. The summed E-state index contributed by atoms with van der Waals surface area (Å²) in [5.41, 5.74) is 0.335. The molecule has 1 amide bonds. The number of aliphatic hydroxyl groups excluding tert-OH is 1. The van der Waals surface area contributed by atoms with Gasteiger partial charge in [0.2, 0.25) is 5.91 Å². The van der Waals surface area contributed by atoms with E-state index in [2.05, 4.69) is 39.9 Å². The lowest BCUT2D eigenvalue weighted by atomic mass is 9.43. The molecular weight excluding hydrogens is 481 g/mol. The predicted molar refractivity (Wildman–Crippen MR) is 148 cm³/mol. The summed E-state index contributed by atoms with van der Waals surface area (Å²) in [6.07, 6.45) is 2.61. The van der Waals surface area contributed by atoms with Crippen LogP contribution in [0.1, 0.15) is 90.9 Å². The lowest BCUT2D eigenvalue weighted by Crippen LogP contribution is -2.65. The summed E-state index contributed by atoms with van der Waals surface area (Å²) in [4.78, 5) is 26.6. The summed E-state index contributed by atoms with van der Waals surface area (Å²) in [6, 6.07) is 7.00. The van der Waals surface area contributed by atoms with Crippen LogP contribution < -0.4 is 10.1 Å². The number of hydrogen-bond donors (Lipinski definition) is 2. The van der Waals surface area contributed by atoms with Crippen LogP contribution in [0.4, 0.5) is 0 Å². The van der Waals surface area contributed by atoms with E-state index >= 15 is 0 Å². The number of aliphatic hydroxyl groups is 1. The van der Waals surface area contributed by atoms with Gasteiger partial charge < -0.3 is 24.5 Å². The molecule has 7 nitrogen and oxygen atoms in total. The first-order valence-electron chi connectivity index (χ1n) is 14.4. The van der Waals surface area contributed by atoms with E-state index in [9.17, 15) is 14.7 Å². The fourth-order valence-corrected chi connectivity index (χ4v) is 6.89. The third-order valence-electron chi connectivity index (χ3n) is 9.30. The Morgan fingerprint density at radius 3 is 2.58 bits per heavy atom. The Balaban J connectivity index is 1.45. The zero-order valence-corrected chi connectivity index (χ0v) is 24.2. The molecule has 210 valence electrons. The van der Waals surface area contributed by atoms with Gasteiger partial charge in [-0.05, 0) is 74.8 Å². The van der Waals surface area contributed by atoms with Crippen LogP contribution >= 0.6 is 0 Å². The van der Waals surface area contributed by atoms with Gasteiger partial charge in [0.25, 0.3) is 0 Å². The first kappa shape index (κ1) is 29.1. The van der Waals surface area contributed by atoms with Crippen LogP contribution in [-0.4, -0.2) is 54.3 Å². The van der Waals surface area contributed by atoms with Crippen molar-refractivity contribution in [2.24, 2.45) is 29.1 Å². The summed E-state index contributed by atoms with van der Waals surface area (Å²) < 4.78 is 18.8. The molecular formula is C30H46BNO6. The SMILES string of the molecule is CCCOc1cccc(C(=O)C[C@H](C(=O)N[C@@H](CC(C)C)B2O[C@@H]3C[C@@H]4C[C@@H](C4(C)C)[C@]3(C)O2)[C@@H](C)O)c1. The van der Waals surface area contributed by atoms with E-state index < -0.39 is 19.1 Å². The molecule has 2 N–H and O–H groups in total. The highest BCUT2D eigenvalue weighted by Gasteiger charge is 2.68. The van der Waals surface area contributed by atoms with Crippen LogP contribution in [0.5, 0.6) is 5.75 Å². The van der Waals surface area contributed by atoms with Crippen LogP contribution in [0.3, 0.4) is 0 Å². The summed E-state index contributed by atoms with van der Waals surface area (Å²) in [6.45, 7) is 15.2. The van der Waals surface area contributed by atoms with Crippen molar-refractivity contribution in [3.05, 3.63) is 29.8 Å². The average Bonchev–Trinajstić information content (AvgIpc) is 3.22. The second-order valence-electron chi connectivity index (χ2n) is 12.9. The van der Waals surface area contributed by atoms with Gasteiger partial charge in [-0.25, -0.2) is 0 Å². The maximum absolute atomic E-state index is 13.5. The van der Waals surface area contributed by atoms with E-state index in [0.717, 1.165) is 19.3 Å². The van der Waals surface area contributed by atoms with Crippen molar-refractivity contribution < 1.29 is 28.7 Å². The summed E-state index contributed by atoms with van der Waals surface area (Å²) in [5.74, 6) is 0.179. The Morgan fingerprint density at radius 2 is 1.95 bits per heavy atom. The van der Waals surface area contributed by atoms with Crippen LogP contribution in [-0.2, 0) is 14.1 Å². The molecule has 3 saturated carbocycles. The maximum Gasteiger partial charge on any atom is 0.481 e. The third kappa shape index (κ3) is 5.68. The highest BCUT2D eigenvalue weighted by Crippen LogP contribution is 2.65. The molecule has 7 atom stereocenters. The van der Waals surface area contributed by atoms with Gasteiger partial charge in [-0.15, -0.1) is 0 Å². The largest absolute Gasteiger partial charge is 0.494 e. The molecule has 1 aliphatic heterocycles. The van der Waals surface area contributed by atoms with Crippen molar-refractivity contribution in [3.63, 3.8) is 0 Å². The number of ether oxygens (including phenoxy) is 1. The quantitative estimate of drug-likeness (QED) is 0.298. The predicted octanol–water partition coefficient (Wildman–Crippen LogP) is 4.84. The van der Waals surface area contributed by atoms with E-state index in [-0.39, 0.29) is 41.2 Å². The molecule has 8 heteroatoms. The van der Waals surface area contributed by atoms with Gasteiger partial charge in [-0.1, -0.05) is 46.8 Å². The number of hydrogen-bond acceptors (Lipinski definition) is 6. The molecule has 3 aliphatic carbocycles. The number of ketones is 1. The van der Waals surface area contributed by atoms with E-state index in [1.165, 1.54) is 0 Å². The number of nitrogens with one attached hydrogen (secondary N) is 1. The zero-order chi connectivity index (χ0) is 27.8. The molecule has 4 aliphatic rings. The first-order chi connectivity index (χ1) is 17.9. The smallest absolute Gasteiger partial charge is 0.481 e. The molecule has 0 radical (unpaired) electrons. The highest BCUT2D eigenvalue weighted by molar-refractivity contribution is 6.47. The summed E-state index contributed by atoms with van der Waals surface area (Å²) in [7, 11) is -0.552. The van der Waals surface area contributed by atoms with Crippen molar-refractivity contribution in [1.29, 1.82) is 0 Å². The molecule has 1 aromatic carbocycles. The Bertz CT molecular complexity index is 1010. The Morgan fingerprint density at radius 1 is 1.21 bits per heavy atom. The monoisotopic (exact) mass is 527 g/mol. The van der Waals surface area contributed by atoms with E-state index in [0.29, 0.717) is 42.1 Å². The van der Waals surface area contributed by atoms with Gasteiger partial charge in [0.1, 0.15) is 5.75 Å². The van der Waals surface area contributed by atoms with Crippen molar-refractivity contribution in [2.75, 3.05) is 6.61 Å². The molecule has 1 saturated heterocycles. The zero-order valence-electron chi connectivity index (χ0n) is 24.2. The lowest BCUT2D eigenvalue weighted by Gasteiger charge is -2.64. The molecule has 2 bridgehead atoms. The Kier molecular flexibility index (Phi) is 8.65. The van der Waals surface area contributed by atoms with Crippen molar-refractivity contribution in [2.45, 2.75) is 104 Å². The molecule has 0 aromatic heterocycles. The maximum atomic E-state index is 13.5. The number of benzene rings is 1. The van der Waals surface area contributed by atoms with E-state index in [4.69, 9.17) is 14.0 Å². The minimum absolute atomic E-state index is 0.0205. The van der Waals surface area contributed by atoms with E-state index in [1.807, 2.05) is 13.0 Å². The van der Waals surface area contributed by atoms with E-state index in [1.54, 1.807) is 25.1 Å². The minimum atomic E-state index is -0.989. The van der Waals surface area contributed by atoms with Gasteiger partial charge in [0.05, 0.1) is 36.3 Å². The average molecular weight is 528 g/mol. The van der Waals surface area contributed by atoms with Gasteiger partial charge in [0.15, 0.2) is 5.78 Å². The fourth-order valence-electron chi connectivity index (χ4n) is 6.89. The Labute approximate surface area is 228 Å². The van der Waals surface area contributed by atoms with Crippen molar-refractivity contribution in [3.8, 4) is 5.75 Å². The number of carbonyl (C=O) groups excluding carboxylic acids is 2. The molecule has 0 unspecified atom stereocenters. The van der Waals surface area contributed by atoms with Crippen LogP contribution in [0.2, 0.25) is 0 Å². The highest BCUT2D eigenvalue weighted by atomic mass is 16.7. The van der Waals surface area contributed by atoms with Gasteiger partial charge in [-0.2, -0.15) is 0 Å². The topological polar surface area (TPSA) is 94.1 Å². The number of Topliss-reactive ketones (excluding diaryl/α,β-unsaturated/α-hetero) is 1. The second-order valence-corrected chi connectivity index (χ2v) is 12.9. The number of amides is 1. The van der Waals surface area contributed by atoms with Gasteiger partial charge in [0, 0.05) is 12.0 Å². The van der Waals surface area contributed by atoms with Crippen LogP contribution in [0.25, 0.3) is 0 Å². The molecule has 1 aromatic rings. The number of carbonyl (C=O) groups is 2. The molecule has 0 spiro atoms. The van der Waals surface area contributed by atoms with Crippen LogP contribution in [0, 0.1) is 29.1 Å². The standard InChI is InChI=1S/C30H46BNO6/c1-8-12-36-22-11-9-10-20(14-22)24(34)17-23(19(4)33)28(35)32-27(13-18(2)3)31-37-26-16-21-15-25(29(21,5)6)30(26,7)38-31/h9-11,14,18-19,21,23,25-27,33H,8,12-13,15-17H2,1-7H3,(H,32,35)/t19-,21+,23+,25+,26-,27+,30+/m1/s1. The number of rotatable bonds is 12. The molecule has 38 heavy (non-hydrogen) atoms. The summed E-state index contributed by atoms with van der Waals surface area (Å²) >= 11 is 0. The van der Waals surface area contributed by atoms with Crippen LogP contribution in [0.15, 0.2) is 24.3 Å². The second kappa shape index (κ2) is 11.3. The Hall–Kier alpha value is -1.90. The van der Waals surface area contributed by atoms with Gasteiger partial charge >= 0.3 is 7.12 Å². The van der Waals surface area contributed by atoms with Crippen molar-refractivity contribution >= 4 is 18.8 Å². The minimum Gasteiger partial charge on any atom is -0.494 e. The molecule has 4 fully saturated rings. The fraction of sp³-hybridized carbons (Fsp3) is 0.733. The normalized spacial score (nSPS) is 29.7. The molecule has 1 heterocycles. The molecule has 5 rings (SSSR count). The lowest BCUT2D eigenvalue weighted by molar-refractivity contribution is -0.199. The van der Waals surface area contributed by atoms with Gasteiger partial charge in [-0.3, -0.25) is 9.59 Å². The first-order valence-corrected chi connectivity index (χ1v) is 14.4.